The average Bonchev–Trinajstić information content (AvgIpc) is 2.68. The molecule has 0 saturated carbocycles. The van der Waals surface area contributed by atoms with Gasteiger partial charge in [-0.25, -0.2) is 0 Å². The van der Waals surface area contributed by atoms with Crippen molar-refractivity contribution in [2.45, 2.75) is 25.6 Å². The molecule has 1 heterocycles. The SMILES string of the molecule is COc1ccc(C)cc1C(Br)c1cc(C)c(C)s1. The van der Waals surface area contributed by atoms with Crippen molar-refractivity contribution in [2.75, 3.05) is 7.11 Å². The molecule has 0 radical (unpaired) electrons. The van der Waals surface area contributed by atoms with Gasteiger partial charge >= 0.3 is 0 Å². The topological polar surface area (TPSA) is 9.23 Å². The Morgan fingerprint density at radius 2 is 1.89 bits per heavy atom. The summed E-state index contributed by atoms with van der Waals surface area (Å²) in [6.07, 6.45) is 0. The molecule has 2 rings (SSSR count). The number of hydrogen-bond acceptors (Lipinski definition) is 2. The summed E-state index contributed by atoms with van der Waals surface area (Å²) in [6, 6.07) is 8.54. The molecular weight excluding hydrogens is 308 g/mol. The molecule has 0 spiro atoms. The smallest absolute Gasteiger partial charge is 0.123 e. The van der Waals surface area contributed by atoms with E-state index < -0.39 is 0 Å². The van der Waals surface area contributed by atoms with Gasteiger partial charge in [0.15, 0.2) is 0 Å². The summed E-state index contributed by atoms with van der Waals surface area (Å²) < 4.78 is 5.45. The second kappa shape index (κ2) is 5.45. The second-order valence-electron chi connectivity index (χ2n) is 4.50. The molecule has 96 valence electrons. The van der Waals surface area contributed by atoms with Crippen LogP contribution in [0.3, 0.4) is 0 Å². The lowest BCUT2D eigenvalue weighted by Gasteiger charge is -2.14. The van der Waals surface area contributed by atoms with Crippen molar-refractivity contribution in [2.24, 2.45) is 0 Å². The highest BCUT2D eigenvalue weighted by atomic mass is 79.9. The average molecular weight is 325 g/mol. The van der Waals surface area contributed by atoms with Crippen molar-refractivity contribution in [3.8, 4) is 5.75 Å². The molecule has 0 fully saturated rings. The van der Waals surface area contributed by atoms with Gasteiger partial charge in [-0.05, 0) is 38.5 Å². The summed E-state index contributed by atoms with van der Waals surface area (Å²) in [5.74, 6) is 0.936. The molecule has 1 aromatic heterocycles. The van der Waals surface area contributed by atoms with Crippen molar-refractivity contribution in [3.63, 3.8) is 0 Å². The summed E-state index contributed by atoms with van der Waals surface area (Å²) in [7, 11) is 1.72. The Labute approximate surface area is 121 Å². The van der Waals surface area contributed by atoms with Crippen LogP contribution < -0.4 is 4.74 Å². The zero-order valence-corrected chi connectivity index (χ0v) is 13.5. The van der Waals surface area contributed by atoms with E-state index in [4.69, 9.17) is 4.74 Å². The standard InChI is InChI=1S/C15H17BrOS/c1-9-5-6-13(17-4)12(7-9)15(16)14-8-10(2)11(3)18-14/h5-8,15H,1-4H3. The predicted molar refractivity (Wildman–Crippen MR) is 82.3 cm³/mol. The minimum absolute atomic E-state index is 0.199. The number of halogens is 1. The predicted octanol–water partition coefficient (Wildman–Crippen LogP) is 5.17. The summed E-state index contributed by atoms with van der Waals surface area (Å²) in [5.41, 5.74) is 3.80. The van der Waals surface area contributed by atoms with Crippen molar-refractivity contribution in [1.82, 2.24) is 0 Å². The summed E-state index contributed by atoms with van der Waals surface area (Å²) in [5, 5.41) is 0. The first kappa shape index (κ1) is 13.6. The number of rotatable bonds is 3. The minimum atomic E-state index is 0.199. The van der Waals surface area contributed by atoms with Crippen LogP contribution in [0.1, 0.15) is 31.3 Å². The third kappa shape index (κ3) is 2.62. The van der Waals surface area contributed by atoms with E-state index in [1.807, 2.05) is 17.4 Å². The normalized spacial score (nSPS) is 12.5. The van der Waals surface area contributed by atoms with Crippen molar-refractivity contribution in [1.29, 1.82) is 0 Å². The van der Waals surface area contributed by atoms with Crippen LogP contribution in [0.4, 0.5) is 0 Å². The fourth-order valence-corrected chi connectivity index (χ4v) is 3.74. The van der Waals surface area contributed by atoms with Crippen LogP contribution in [0.5, 0.6) is 5.75 Å². The molecule has 3 heteroatoms. The molecule has 0 amide bonds. The largest absolute Gasteiger partial charge is 0.496 e. The van der Waals surface area contributed by atoms with E-state index in [9.17, 15) is 0 Å². The minimum Gasteiger partial charge on any atom is -0.496 e. The Hall–Kier alpha value is -0.800. The van der Waals surface area contributed by atoms with E-state index in [-0.39, 0.29) is 4.83 Å². The molecule has 1 atom stereocenters. The van der Waals surface area contributed by atoms with Gasteiger partial charge in [0.05, 0.1) is 11.9 Å². The molecule has 1 unspecified atom stereocenters. The van der Waals surface area contributed by atoms with Crippen LogP contribution >= 0.6 is 27.3 Å². The molecule has 1 aromatic carbocycles. The number of benzene rings is 1. The fourth-order valence-electron chi connectivity index (χ4n) is 1.93. The molecule has 0 aliphatic carbocycles. The molecule has 0 aliphatic rings. The maximum atomic E-state index is 5.45. The van der Waals surface area contributed by atoms with Crippen LogP contribution in [-0.2, 0) is 0 Å². The summed E-state index contributed by atoms with van der Waals surface area (Å²) >= 11 is 5.64. The highest BCUT2D eigenvalue weighted by Crippen LogP contribution is 2.40. The van der Waals surface area contributed by atoms with E-state index in [1.54, 1.807) is 7.11 Å². The lowest BCUT2D eigenvalue weighted by atomic mass is 10.1. The Kier molecular flexibility index (Phi) is 4.13. The van der Waals surface area contributed by atoms with Crippen LogP contribution in [0, 0.1) is 20.8 Å². The zero-order chi connectivity index (χ0) is 13.3. The first-order valence-electron chi connectivity index (χ1n) is 5.88. The fraction of sp³-hybridized carbons (Fsp3) is 0.333. The quantitative estimate of drug-likeness (QED) is 0.708. The highest BCUT2D eigenvalue weighted by molar-refractivity contribution is 9.09. The van der Waals surface area contributed by atoms with Crippen LogP contribution in [0.25, 0.3) is 0 Å². The number of methoxy groups -OCH3 is 1. The van der Waals surface area contributed by atoms with E-state index in [2.05, 4.69) is 54.9 Å². The van der Waals surface area contributed by atoms with Gasteiger partial charge in [0.1, 0.15) is 5.75 Å². The van der Waals surface area contributed by atoms with Crippen molar-refractivity contribution >= 4 is 27.3 Å². The molecule has 0 bridgehead atoms. The first-order chi connectivity index (χ1) is 8.52. The van der Waals surface area contributed by atoms with Gasteiger partial charge in [-0.15, -0.1) is 11.3 Å². The molecule has 18 heavy (non-hydrogen) atoms. The van der Waals surface area contributed by atoms with E-state index in [0.29, 0.717) is 0 Å². The monoisotopic (exact) mass is 324 g/mol. The summed E-state index contributed by atoms with van der Waals surface area (Å²) in [6.45, 7) is 6.42. The third-order valence-electron chi connectivity index (χ3n) is 3.09. The van der Waals surface area contributed by atoms with Gasteiger partial charge in [-0.3, -0.25) is 0 Å². The number of aryl methyl sites for hydroxylation is 3. The van der Waals surface area contributed by atoms with E-state index in [0.717, 1.165) is 5.75 Å². The van der Waals surface area contributed by atoms with Gasteiger partial charge in [-0.2, -0.15) is 0 Å². The summed E-state index contributed by atoms with van der Waals surface area (Å²) in [4.78, 5) is 2.90. The van der Waals surface area contributed by atoms with E-state index >= 15 is 0 Å². The number of thiophene rings is 1. The van der Waals surface area contributed by atoms with Crippen LogP contribution in [0.15, 0.2) is 24.3 Å². The lowest BCUT2D eigenvalue weighted by molar-refractivity contribution is 0.410. The second-order valence-corrected chi connectivity index (χ2v) is 6.70. The van der Waals surface area contributed by atoms with Gasteiger partial charge in [0, 0.05) is 15.3 Å². The van der Waals surface area contributed by atoms with Crippen molar-refractivity contribution < 1.29 is 4.74 Å². The van der Waals surface area contributed by atoms with Gasteiger partial charge in [-0.1, -0.05) is 33.6 Å². The van der Waals surface area contributed by atoms with E-state index in [1.165, 1.54) is 26.4 Å². The maximum absolute atomic E-state index is 5.45. The molecule has 2 aromatic rings. The number of hydrogen-bond donors (Lipinski definition) is 0. The molecule has 0 aliphatic heterocycles. The maximum Gasteiger partial charge on any atom is 0.123 e. The molecule has 0 N–H and O–H groups in total. The van der Waals surface area contributed by atoms with Gasteiger partial charge in [0.2, 0.25) is 0 Å². The number of alkyl halides is 1. The Balaban J connectivity index is 2.44. The van der Waals surface area contributed by atoms with Crippen LogP contribution in [0.2, 0.25) is 0 Å². The van der Waals surface area contributed by atoms with Crippen molar-refractivity contribution in [3.05, 3.63) is 50.7 Å². The van der Waals surface area contributed by atoms with Gasteiger partial charge in [0.25, 0.3) is 0 Å². The molecule has 1 nitrogen and oxygen atoms in total. The third-order valence-corrected chi connectivity index (χ3v) is 5.60. The Bertz CT molecular complexity index is 540. The molecule has 0 saturated heterocycles. The lowest BCUT2D eigenvalue weighted by Crippen LogP contribution is -1.96. The first-order valence-corrected chi connectivity index (χ1v) is 7.61. The zero-order valence-electron chi connectivity index (χ0n) is 11.1. The Morgan fingerprint density at radius 1 is 1.17 bits per heavy atom. The Morgan fingerprint density at radius 3 is 2.44 bits per heavy atom. The molecular formula is C15H17BrOS. The highest BCUT2D eigenvalue weighted by Gasteiger charge is 2.18. The van der Waals surface area contributed by atoms with Crippen LogP contribution in [-0.4, -0.2) is 7.11 Å². The van der Waals surface area contributed by atoms with Gasteiger partial charge < -0.3 is 4.74 Å². The number of ether oxygens (including phenoxy) is 1.